The molecule has 0 saturated heterocycles. The average Bonchev–Trinajstić information content (AvgIpc) is 3.51. The Morgan fingerprint density at radius 3 is 2.54 bits per heavy atom. The maximum atomic E-state index is 13.4. The monoisotopic (exact) mass is 589 g/mol. The summed E-state index contributed by atoms with van der Waals surface area (Å²) in [7, 11) is -4.43. The number of nitrogens with one attached hydrogen (secondary N) is 1. The third-order valence-electron chi connectivity index (χ3n) is 5.83. The van der Waals surface area contributed by atoms with Crippen molar-refractivity contribution in [3.05, 3.63) is 88.7 Å². The minimum absolute atomic E-state index is 0.169. The Balaban J connectivity index is 1.42. The molecule has 0 fully saturated rings. The number of aryl methyl sites for hydroxylation is 1. The van der Waals surface area contributed by atoms with E-state index in [2.05, 4.69) is 9.82 Å². The summed E-state index contributed by atoms with van der Waals surface area (Å²) in [5, 5.41) is 11.0. The minimum Gasteiger partial charge on any atom is -0.493 e. The van der Waals surface area contributed by atoms with Crippen LogP contribution < -0.4 is 15.3 Å². The Bertz CT molecular complexity index is 1940. The summed E-state index contributed by atoms with van der Waals surface area (Å²) in [6.45, 7) is 2.02. The third kappa shape index (κ3) is 5.26. The number of ether oxygens (including phenoxy) is 1. The maximum Gasteiger partial charge on any atom is 0.493 e. The zero-order valence-corrected chi connectivity index (χ0v) is 21.6. The lowest BCUT2D eigenvalue weighted by molar-refractivity contribution is -0.200. The molecule has 0 unspecified atom stereocenters. The van der Waals surface area contributed by atoms with Crippen LogP contribution in [0.15, 0.2) is 85.9 Å². The van der Waals surface area contributed by atoms with E-state index in [1.807, 2.05) is 37.3 Å². The van der Waals surface area contributed by atoms with Crippen molar-refractivity contribution in [3.63, 3.8) is 0 Å². The number of hydrogen-bond acceptors (Lipinski definition) is 9. The Hall–Kier alpha value is -5.05. The fourth-order valence-electron chi connectivity index (χ4n) is 4.03. The molecule has 0 aliphatic heterocycles. The highest BCUT2D eigenvalue weighted by molar-refractivity contribution is 7.91. The Kier molecular flexibility index (Phi) is 6.82. The molecule has 5 aromatic rings. The van der Waals surface area contributed by atoms with Gasteiger partial charge in [0.2, 0.25) is 15.7 Å². The average molecular weight is 590 g/mol. The number of carbonyl (C=O) groups is 1. The molecule has 0 atom stereocenters. The first-order chi connectivity index (χ1) is 19.4. The second kappa shape index (κ2) is 10.2. The van der Waals surface area contributed by atoms with Gasteiger partial charge in [-0.1, -0.05) is 18.2 Å². The van der Waals surface area contributed by atoms with Crippen LogP contribution >= 0.6 is 0 Å². The lowest BCUT2D eigenvalue weighted by Crippen LogP contribution is -2.37. The molecular formula is C26H18F3N3O8S. The number of benzene rings is 2. The van der Waals surface area contributed by atoms with E-state index >= 15 is 0 Å². The Labute approximate surface area is 228 Å². The summed E-state index contributed by atoms with van der Waals surface area (Å²) in [6, 6.07) is 15.6. The van der Waals surface area contributed by atoms with Crippen molar-refractivity contribution in [3.8, 4) is 23.1 Å². The second-order valence-electron chi connectivity index (χ2n) is 8.62. The number of rotatable bonds is 7. The molecule has 212 valence electrons. The number of aromatic nitrogens is 3. The number of sulfone groups is 1. The summed E-state index contributed by atoms with van der Waals surface area (Å²) >= 11 is 0. The summed E-state index contributed by atoms with van der Waals surface area (Å²) in [5.41, 5.74) is 0.0307. The molecule has 2 N–H and O–H groups in total. The largest absolute Gasteiger partial charge is 0.493 e. The van der Waals surface area contributed by atoms with Crippen LogP contribution in [0.2, 0.25) is 0 Å². The predicted octanol–water partition coefficient (Wildman–Crippen LogP) is 3.93. The third-order valence-corrected chi connectivity index (χ3v) is 7.63. The first-order valence-electron chi connectivity index (χ1n) is 11.6. The van der Waals surface area contributed by atoms with Gasteiger partial charge in [0.1, 0.15) is 17.3 Å². The van der Waals surface area contributed by atoms with E-state index in [1.165, 1.54) is 24.3 Å². The molecular weight excluding hydrogens is 571 g/mol. The number of aromatic amines is 1. The minimum atomic E-state index is -5.49. The van der Waals surface area contributed by atoms with Crippen LogP contribution in [0.25, 0.3) is 22.4 Å². The fourth-order valence-corrected chi connectivity index (χ4v) is 5.40. The highest BCUT2D eigenvalue weighted by atomic mass is 32.2. The van der Waals surface area contributed by atoms with Crippen LogP contribution in [0.5, 0.6) is 11.6 Å². The molecule has 0 saturated carbocycles. The number of hydrogen-bond donors (Lipinski definition) is 2. The second-order valence-corrected chi connectivity index (χ2v) is 10.5. The number of alkyl halides is 3. The van der Waals surface area contributed by atoms with Crippen LogP contribution in [0.1, 0.15) is 11.3 Å². The van der Waals surface area contributed by atoms with Gasteiger partial charge < -0.3 is 19.1 Å². The van der Waals surface area contributed by atoms with E-state index in [1.54, 1.807) is 4.98 Å². The van der Waals surface area contributed by atoms with E-state index < -0.39 is 49.9 Å². The summed E-state index contributed by atoms with van der Waals surface area (Å²) in [6.07, 6.45) is -4.62. The number of para-hydroxylation sites is 1. The number of nitrogens with zero attached hydrogens (tertiary/aromatic N) is 2. The van der Waals surface area contributed by atoms with Crippen LogP contribution in [0, 0.1) is 6.92 Å². The first-order valence-corrected chi connectivity index (χ1v) is 13.1. The molecule has 41 heavy (non-hydrogen) atoms. The summed E-state index contributed by atoms with van der Waals surface area (Å²) < 4.78 is 75.6. The lowest BCUT2D eigenvalue weighted by Gasteiger charge is -2.11. The standard InChI is InChI=1S/C26H18F3N3O8S/c1-14-12-15(18-4-2-3-5-19(18)30-14)13-39-16-6-8-17(9-7-16)41(36,37)20-10-11-38-22(20)21-23(33)31-25(35)32(21)40-24(34)26(27,28)29/h2-12,33H,13H2,1H3,(H,31,35). The molecule has 15 heteroatoms. The van der Waals surface area contributed by atoms with Gasteiger partial charge >= 0.3 is 17.8 Å². The van der Waals surface area contributed by atoms with E-state index in [4.69, 9.17) is 9.15 Å². The molecule has 2 aromatic carbocycles. The van der Waals surface area contributed by atoms with Gasteiger partial charge in [0.25, 0.3) is 0 Å². The maximum absolute atomic E-state index is 13.4. The number of halogens is 3. The number of furan rings is 1. The molecule has 0 amide bonds. The van der Waals surface area contributed by atoms with Crippen LogP contribution in [-0.4, -0.2) is 40.4 Å². The van der Waals surface area contributed by atoms with Crippen molar-refractivity contribution in [2.75, 3.05) is 0 Å². The topological polar surface area (TPSA) is 154 Å². The number of pyridine rings is 1. The van der Waals surface area contributed by atoms with Gasteiger partial charge in [-0.3, -0.25) is 9.97 Å². The van der Waals surface area contributed by atoms with Crippen molar-refractivity contribution >= 4 is 26.7 Å². The van der Waals surface area contributed by atoms with E-state index in [-0.39, 0.29) is 16.2 Å². The SMILES string of the molecule is Cc1cc(COc2ccc(S(=O)(=O)c3ccoc3-c3c(O)[nH]c(=O)n3OC(=O)C(F)(F)F)cc2)c2ccccc2n1. The summed E-state index contributed by atoms with van der Waals surface area (Å²) in [5.74, 6) is -4.30. The first kappa shape index (κ1) is 27.5. The highest BCUT2D eigenvalue weighted by Crippen LogP contribution is 2.36. The Morgan fingerprint density at radius 1 is 1.12 bits per heavy atom. The molecule has 0 spiro atoms. The molecule has 3 aromatic heterocycles. The number of fused-ring (bicyclic) bond motifs is 1. The fraction of sp³-hybridized carbons (Fsp3) is 0.115. The van der Waals surface area contributed by atoms with Crippen molar-refractivity contribution < 1.29 is 45.5 Å². The summed E-state index contributed by atoms with van der Waals surface area (Å²) in [4.78, 5) is 32.7. The van der Waals surface area contributed by atoms with E-state index in [0.717, 1.165) is 34.5 Å². The number of carbonyl (C=O) groups excluding carboxylic acids is 1. The smallest absolute Gasteiger partial charge is 0.493 e. The molecule has 5 rings (SSSR count). The van der Waals surface area contributed by atoms with Crippen molar-refractivity contribution in [2.45, 2.75) is 29.5 Å². The number of aromatic hydroxyl groups is 1. The van der Waals surface area contributed by atoms with Crippen LogP contribution in [0.4, 0.5) is 13.2 Å². The Morgan fingerprint density at radius 2 is 1.83 bits per heavy atom. The predicted molar refractivity (Wildman–Crippen MR) is 135 cm³/mol. The van der Waals surface area contributed by atoms with Crippen LogP contribution in [-0.2, 0) is 21.2 Å². The van der Waals surface area contributed by atoms with Gasteiger partial charge in [-0.2, -0.15) is 13.2 Å². The zero-order chi connectivity index (χ0) is 29.5. The van der Waals surface area contributed by atoms with Crippen molar-refractivity contribution in [1.82, 2.24) is 14.7 Å². The lowest BCUT2D eigenvalue weighted by atomic mass is 10.1. The van der Waals surface area contributed by atoms with Crippen LogP contribution in [0.3, 0.4) is 0 Å². The van der Waals surface area contributed by atoms with Gasteiger partial charge in [0, 0.05) is 16.6 Å². The molecule has 0 radical (unpaired) electrons. The normalized spacial score (nSPS) is 12.0. The molecule has 0 bridgehead atoms. The molecule has 0 aliphatic rings. The molecule has 0 aliphatic carbocycles. The van der Waals surface area contributed by atoms with Gasteiger partial charge in [-0.15, -0.1) is 4.73 Å². The van der Waals surface area contributed by atoms with Gasteiger partial charge in [-0.05, 0) is 49.4 Å². The van der Waals surface area contributed by atoms with Gasteiger partial charge in [0.15, 0.2) is 11.5 Å². The quantitative estimate of drug-likeness (QED) is 0.287. The molecule has 3 heterocycles. The van der Waals surface area contributed by atoms with Gasteiger partial charge in [0.05, 0.1) is 16.7 Å². The molecule has 11 nitrogen and oxygen atoms in total. The highest BCUT2D eigenvalue weighted by Gasteiger charge is 2.43. The van der Waals surface area contributed by atoms with E-state index in [0.29, 0.717) is 5.75 Å². The number of H-pyrrole nitrogens is 1. The van der Waals surface area contributed by atoms with E-state index in [9.17, 15) is 36.3 Å². The number of imidazole rings is 1. The zero-order valence-electron chi connectivity index (χ0n) is 20.8. The van der Waals surface area contributed by atoms with Crippen molar-refractivity contribution in [2.24, 2.45) is 0 Å². The van der Waals surface area contributed by atoms with Crippen molar-refractivity contribution in [1.29, 1.82) is 0 Å². The van der Waals surface area contributed by atoms with Gasteiger partial charge in [-0.25, -0.2) is 18.0 Å².